The molecule has 1 aromatic carbocycles. The summed E-state index contributed by atoms with van der Waals surface area (Å²) >= 11 is 0. The van der Waals surface area contributed by atoms with Crippen LogP contribution in [0.25, 0.3) is 0 Å². The maximum atomic E-state index is 9.47. The number of hydrogen-bond donors (Lipinski definition) is 1. The molecule has 2 aliphatic rings. The summed E-state index contributed by atoms with van der Waals surface area (Å²) < 4.78 is 0. The average molecular weight is 269 g/mol. The zero-order valence-electron chi connectivity index (χ0n) is 12.2. The minimum atomic E-state index is -0.157. The van der Waals surface area contributed by atoms with E-state index in [9.17, 15) is 5.26 Å². The number of benzene rings is 1. The molecule has 3 rings (SSSR count). The van der Waals surface area contributed by atoms with Gasteiger partial charge in [0.05, 0.1) is 6.07 Å². The Morgan fingerprint density at radius 3 is 2.85 bits per heavy atom. The Kier molecular flexibility index (Phi) is 3.93. The van der Waals surface area contributed by atoms with E-state index >= 15 is 0 Å². The van der Waals surface area contributed by atoms with Crippen molar-refractivity contribution >= 4 is 5.69 Å². The van der Waals surface area contributed by atoms with Gasteiger partial charge in [-0.15, -0.1) is 0 Å². The van der Waals surface area contributed by atoms with Crippen molar-refractivity contribution in [1.82, 2.24) is 5.32 Å². The lowest BCUT2D eigenvalue weighted by Crippen LogP contribution is -2.30. The third-order valence-corrected chi connectivity index (χ3v) is 4.67. The molecule has 3 heteroatoms. The smallest absolute Gasteiger partial charge is 0.121 e. The molecule has 0 amide bonds. The fourth-order valence-electron chi connectivity index (χ4n) is 3.52. The minimum absolute atomic E-state index is 0.157. The van der Waals surface area contributed by atoms with Crippen LogP contribution in [0, 0.1) is 11.3 Å². The summed E-state index contributed by atoms with van der Waals surface area (Å²) in [4.78, 5) is 2.31. The SMILES string of the molecule is CN1CCCc2cc(C(C#N)NC3CCCC3)ccc21. The van der Waals surface area contributed by atoms with Crippen LogP contribution in [-0.4, -0.2) is 19.6 Å². The van der Waals surface area contributed by atoms with Crippen molar-refractivity contribution in [2.45, 2.75) is 50.6 Å². The van der Waals surface area contributed by atoms with Gasteiger partial charge in [0, 0.05) is 25.3 Å². The predicted octanol–water partition coefficient (Wildman–Crippen LogP) is 3.17. The lowest BCUT2D eigenvalue weighted by Gasteiger charge is -2.28. The standard InChI is InChI=1S/C17H23N3/c1-20-10-4-5-14-11-13(8-9-17(14)20)16(12-18)19-15-6-2-3-7-15/h8-9,11,15-16,19H,2-7,10H2,1H3. The van der Waals surface area contributed by atoms with Crippen LogP contribution in [0.4, 0.5) is 5.69 Å². The van der Waals surface area contributed by atoms with Gasteiger partial charge in [0.1, 0.15) is 6.04 Å². The summed E-state index contributed by atoms with van der Waals surface area (Å²) in [5, 5.41) is 13.0. The van der Waals surface area contributed by atoms with Crippen molar-refractivity contribution in [3.05, 3.63) is 29.3 Å². The first-order valence-electron chi connectivity index (χ1n) is 7.77. The van der Waals surface area contributed by atoms with Gasteiger partial charge in [0.25, 0.3) is 0 Å². The Bertz CT molecular complexity index is 511. The van der Waals surface area contributed by atoms with Gasteiger partial charge in [0.15, 0.2) is 0 Å². The summed E-state index contributed by atoms with van der Waals surface area (Å²) in [7, 11) is 2.15. The van der Waals surface area contributed by atoms with Crippen LogP contribution in [0.2, 0.25) is 0 Å². The molecular weight excluding hydrogens is 246 g/mol. The second-order valence-electron chi connectivity index (χ2n) is 6.12. The highest BCUT2D eigenvalue weighted by Crippen LogP contribution is 2.29. The lowest BCUT2D eigenvalue weighted by atomic mass is 9.96. The highest BCUT2D eigenvalue weighted by atomic mass is 15.1. The van der Waals surface area contributed by atoms with Crippen molar-refractivity contribution in [3.63, 3.8) is 0 Å². The van der Waals surface area contributed by atoms with E-state index in [4.69, 9.17) is 0 Å². The van der Waals surface area contributed by atoms with E-state index in [1.807, 2.05) is 0 Å². The third-order valence-electron chi connectivity index (χ3n) is 4.67. The number of rotatable bonds is 3. The van der Waals surface area contributed by atoms with E-state index in [1.54, 1.807) is 0 Å². The second kappa shape index (κ2) is 5.85. The first-order valence-corrected chi connectivity index (χ1v) is 7.77. The zero-order chi connectivity index (χ0) is 13.9. The molecule has 0 bridgehead atoms. The highest BCUT2D eigenvalue weighted by Gasteiger charge is 2.21. The molecule has 1 fully saturated rings. The Morgan fingerprint density at radius 1 is 1.30 bits per heavy atom. The third kappa shape index (κ3) is 2.66. The largest absolute Gasteiger partial charge is 0.374 e. The minimum Gasteiger partial charge on any atom is -0.374 e. The van der Waals surface area contributed by atoms with Crippen LogP contribution in [0.5, 0.6) is 0 Å². The Morgan fingerprint density at radius 2 is 2.10 bits per heavy atom. The second-order valence-corrected chi connectivity index (χ2v) is 6.12. The number of nitriles is 1. The molecule has 0 spiro atoms. The average Bonchev–Trinajstić information content (AvgIpc) is 2.97. The van der Waals surface area contributed by atoms with Crippen LogP contribution in [0.15, 0.2) is 18.2 Å². The summed E-state index contributed by atoms with van der Waals surface area (Å²) in [6, 6.07) is 9.35. The summed E-state index contributed by atoms with van der Waals surface area (Å²) in [5.41, 5.74) is 3.86. The van der Waals surface area contributed by atoms with Crippen LogP contribution >= 0.6 is 0 Å². The van der Waals surface area contributed by atoms with E-state index in [0.29, 0.717) is 6.04 Å². The predicted molar refractivity (Wildman–Crippen MR) is 81.8 cm³/mol. The molecule has 1 aromatic rings. The molecule has 106 valence electrons. The fourth-order valence-corrected chi connectivity index (χ4v) is 3.52. The van der Waals surface area contributed by atoms with Crippen molar-refractivity contribution in [2.24, 2.45) is 0 Å². The quantitative estimate of drug-likeness (QED) is 0.916. The molecule has 1 atom stereocenters. The molecule has 0 saturated heterocycles. The molecule has 1 N–H and O–H groups in total. The fraction of sp³-hybridized carbons (Fsp3) is 0.588. The normalized spacial score (nSPS) is 20.5. The number of anilines is 1. The van der Waals surface area contributed by atoms with Crippen LogP contribution in [-0.2, 0) is 6.42 Å². The molecule has 3 nitrogen and oxygen atoms in total. The van der Waals surface area contributed by atoms with E-state index in [2.05, 4.69) is 41.5 Å². The number of hydrogen-bond acceptors (Lipinski definition) is 3. The first-order chi connectivity index (χ1) is 9.78. The Balaban J connectivity index is 1.79. The van der Waals surface area contributed by atoms with Crippen molar-refractivity contribution in [1.29, 1.82) is 5.26 Å². The molecule has 0 aromatic heterocycles. The molecule has 0 radical (unpaired) electrons. The van der Waals surface area contributed by atoms with Gasteiger partial charge in [-0.3, -0.25) is 5.32 Å². The molecule has 1 aliphatic heterocycles. The molecular formula is C17H23N3. The molecule has 1 unspecified atom stereocenters. The summed E-state index contributed by atoms with van der Waals surface area (Å²) in [6.45, 7) is 1.13. The van der Waals surface area contributed by atoms with Gasteiger partial charge in [0.2, 0.25) is 0 Å². The Hall–Kier alpha value is -1.53. The summed E-state index contributed by atoms with van der Waals surface area (Å²) in [5.74, 6) is 0. The van der Waals surface area contributed by atoms with Gasteiger partial charge >= 0.3 is 0 Å². The molecule has 1 aliphatic carbocycles. The zero-order valence-corrected chi connectivity index (χ0v) is 12.2. The van der Waals surface area contributed by atoms with E-state index < -0.39 is 0 Å². The monoisotopic (exact) mass is 269 g/mol. The maximum absolute atomic E-state index is 9.47. The Labute approximate surface area is 121 Å². The van der Waals surface area contributed by atoms with Crippen LogP contribution < -0.4 is 10.2 Å². The van der Waals surface area contributed by atoms with Gasteiger partial charge in [-0.05, 0) is 42.9 Å². The molecule has 20 heavy (non-hydrogen) atoms. The first kappa shape index (κ1) is 13.5. The van der Waals surface area contributed by atoms with E-state index in [0.717, 1.165) is 18.5 Å². The topological polar surface area (TPSA) is 39.1 Å². The van der Waals surface area contributed by atoms with Crippen molar-refractivity contribution < 1.29 is 0 Å². The van der Waals surface area contributed by atoms with Crippen LogP contribution in [0.3, 0.4) is 0 Å². The van der Waals surface area contributed by atoms with E-state index in [1.165, 1.54) is 43.4 Å². The number of nitrogens with zero attached hydrogens (tertiary/aromatic N) is 2. The van der Waals surface area contributed by atoms with E-state index in [-0.39, 0.29) is 6.04 Å². The number of fused-ring (bicyclic) bond motifs is 1. The van der Waals surface area contributed by atoms with Gasteiger partial charge in [-0.1, -0.05) is 25.0 Å². The number of aryl methyl sites for hydroxylation is 1. The van der Waals surface area contributed by atoms with Crippen molar-refractivity contribution in [2.75, 3.05) is 18.5 Å². The van der Waals surface area contributed by atoms with Gasteiger partial charge in [-0.25, -0.2) is 0 Å². The van der Waals surface area contributed by atoms with Gasteiger partial charge in [-0.2, -0.15) is 5.26 Å². The molecule has 1 saturated carbocycles. The number of nitrogens with one attached hydrogen (secondary N) is 1. The van der Waals surface area contributed by atoms with Crippen molar-refractivity contribution in [3.8, 4) is 6.07 Å². The summed E-state index contributed by atoms with van der Waals surface area (Å²) in [6.07, 6.45) is 7.36. The maximum Gasteiger partial charge on any atom is 0.121 e. The highest BCUT2D eigenvalue weighted by molar-refractivity contribution is 5.56. The van der Waals surface area contributed by atoms with Crippen LogP contribution in [0.1, 0.15) is 49.3 Å². The van der Waals surface area contributed by atoms with Gasteiger partial charge < -0.3 is 4.90 Å². The lowest BCUT2D eigenvalue weighted by molar-refractivity contribution is 0.492. The molecule has 1 heterocycles.